The van der Waals surface area contributed by atoms with Crippen molar-refractivity contribution in [3.8, 4) is 22.5 Å². The Morgan fingerprint density at radius 2 is 1.71 bits per heavy atom. The standard InChI is InChI=1S/C33H34N6O6/c1-3-42-29(22-19-17-21(18-20-22)24-13-8-9-14-25(24)30-35-37-38-36-30)31-34-27-16-10-15-26(32(40)43-4-2)28(27)39(31)45-33(41)44-23-11-6-5-7-12-23/h8-10,13-20,23,29H,3-7,11-12H2,1-2H3,(H,35,36,37,38). The number of carbonyl (C=O) groups is 2. The Labute approximate surface area is 259 Å². The summed E-state index contributed by atoms with van der Waals surface area (Å²) < 4.78 is 18.5. The number of carbonyl (C=O) groups excluding carboxylic acids is 2. The molecule has 2 heterocycles. The molecule has 1 N–H and O–H groups in total. The van der Waals surface area contributed by atoms with Crippen molar-refractivity contribution >= 4 is 23.2 Å². The van der Waals surface area contributed by atoms with Crippen LogP contribution in [-0.4, -0.2) is 61.8 Å². The Morgan fingerprint density at radius 3 is 2.42 bits per heavy atom. The Kier molecular flexibility index (Phi) is 9.11. The van der Waals surface area contributed by atoms with Crippen LogP contribution >= 0.6 is 0 Å². The number of hydrogen-bond donors (Lipinski definition) is 1. The van der Waals surface area contributed by atoms with Gasteiger partial charge < -0.3 is 14.2 Å². The van der Waals surface area contributed by atoms with Crippen LogP contribution < -0.4 is 4.84 Å². The lowest BCUT2D eigenvalue weighted by molar-refractivity contribution is 0.000587. The number of tetrazole rings is 1. The molecule has 0 radical (unpaired) electrons. The normalized spacial score (nSPS) is 14.3. The lowest BCUT2D eigenvalue weighted by atomic mass is 9.97. The summed E-state index contributed by atoms with van der Waals surface area (Å²) in [5.74, 6) is 0.215. The van der Waals surface area contributed by atoms with E-state index in [0.717, 1.165) is 54.4 Å². The highest BCUT2D eigenvalue weighted by molar-refractivity contribution is 6.02. The van der Waals surface area contributed by atoms with Crippen LogP contribution in [0.5, 0.6) is 0 Å². The van der Waals surface area contributed by atoms with E-state index >= 15 is 0 Å². The van der Waals surface area contributed by atoms with Crippen molar-refractivity contribution < 1.29 is 28.6 Å². The zero-order chi connectivity index (χ0) is 31.2. The summed E-state index contributed by atoms with van der Waals surface area (Å²) in [4.78, 5) is 36.8. The van der Waals surface area contributed by atoms with Gasteiger partial charge in [-0.1, -0.05) is 61.0 Å². The van der Waals surface area contributed by atoms with E-state index in [9.17, 15) is 9.59 Å². The number of H-pyrrole nitrogens is 1. The van der Waals surface area contributed by atoms with E-state index in [2.05, 4.69) is 20.6 Å². The van der Waals surface area contributed by atoms with Gasteiger partial charge in [0.05, 0.1) is 17.7 Å². The molecular weight excluding hydrogens is 576 g/mol. The zero-order valence-electron chi connectivity index (χ0n) is 25.1. The van der Waals surface area contributed by atoms with Crippen molar-refractivity contribution in [2.24, 2.45) is 0 Å². The lowest BCUT2D eigenvalue weighted by Gasteiger charge is -2.22. The summed E-state index contributed by atoms with van der Waals surface area (Å²) in [5.41, 5.74) is 4.40. The number of esters is 1. The third-order valence-electron chi connectivity index (χ3n) is 7.74. The van der Waals surface area contributed by atoms with Gasteiger partial charge in [-0.2, -0.15) is 9.94 Å². The fourth-order valence-electron chi connectivity index (χ4n) is 5.69. The Hall–Kier alpha value is -5.10. The van der Waals surface area contributed by atoms with Crippen molar-refractivity contribution in [3.05, 3.63) is 83.7 Å². The molecule has 1 aliphatic rings. The largest absolute Gasteiger partial charge is 0.534 e. The van der Waals surface area contributed by atoms with E-state index in [4.69, 9.17) is 24.0 Å². The number of ether oxygens (including phenoxy) is 3. The van der Waals surface area contributed by atoms with Crippen LogP contribution in [0.25, 0.3) is 33.5 Å². The van der Waals surface area contributed by atoms with Crippen LogP contribution in [0.4, 0.5) is 4.79 Å². The van der Waals surface area contributed by atoms with Gasteiger partial charge in [0, 0.05) is 12.2 Å². The topological polar surface area (TPSA) is 143 Å². The van der Waals surface area contributed by atoms with E-state index in [0.29, 0.717) is 23.5 Å². The van der Waals surface area contributed by atoms with Gasteiger partial charge in [0.2, 0.25) is 5.82 Å². The van der Waals surface area contributed by atoms with Crippen molar-refractivity contribution in [2.75, 3.05) is 13.2 Å². The zero-order valence-corrected chi connectivity index (χ0v) is 25.1. The average Bonchev–Trinajstić information content (AvgIpc) is 3.73. The third kappa shape index (κ3) is 6.41. The summed E-state index contributed by atoms with van der Waals surface area (Å²) in [5, 5.41) is 14.5. The number of imidazole rings is 1. The molecule has 1 aliphatic carbocycles. The summed E-state index contributed by atoms with van der Waals surface area (Å²) in [6, 6.07) is 20.7. The van der Waals surface area contributed by atoms with Gasteiger partial charge in [0.1, 0.15) is 17.7 Å². The first-order chi connectivity index (χ1) is 22.1. The third-order valence-corrected chi connectivity index (χ3v) is 7.74. The minimum atomic E-state index is -0.871. The van der Waals surface area contributed by atoms with Crippen LogP contribution in [0.2, 0.25) is 0 Å². The molecule has 3 aromatic carbocycles. The van der Waals surface area contributed by atoms with Crippen molar-refractivity contribution in [1.29, 1.82) is 0 Å². The number of nitrogens with zero attached hydrogens (tertiary/aromatic N) is 5. The quantitative estimate of drug-likeness (QED) is 0.185. The predicted octanol–water partition coefficient (Wildman–Crippen LogP) is 6.08. The second-order valence-corrected chi connectivity index (χ2v) is 10.6. The van der Waals surface area contributed by atoms with Crippen LogP contribution in [0.3, 0.4) is 0 Å². The summed E-state index contributed by atoms with van der Waals surface area (Å²) in [6.45, 7) is 4.13. The van der Waals surface area contributed by atoms with E-state index < -0.39 is 18.2 Å². The van der Waals surface area contributed by atoms with E-state index in [1.54, 1.807) is 25.1 Å². The molecule has 5 aromatic rings. The van der Waals surface area contributed by atoms with Crippen molar-refractivity contribution in [2.45, 2.75) is 58.2 Å². The molecule has 0 aliphatic heterocycles. The minimum absolute atomic E-state index is 0.185. The molecule has 0 saturated heterocycles. The molecule has 2 aromatic heterocycles. The first kappa shape index (κ1) is 29.9. The maximum absolute atomic E-state index is 13.2. The average molecular weight is 611 g/mol. The molecule has 0 spiro atoms. The molecule has 1 atom stereocenters. The number of aromatic nitrogens is 6. The second-order valence-electron chi connectivity index (χ2n) is 10.6. The molecule has 0 amide bonds. The van der Waals surface area contributed by atoms with Gasteiger partial charge in [-0.3, -0.25) is 4.84 Å². The number of fused-ring (bicyclic) bond motifs is 1. The number of nitrogens with one attached hydrogen (secondary N) is 1. The predicted molar refractivity (Wildman–Crippen MR) is 164 cm³/mol. The van der Waals surface area contributed by atoms with Gasteiger partial charge in [-0.25, -0.2) is 14.6 Å². The number of aromatic amines is 1. The van der Waals surface area contributed by atoms with E-state index in [1.807, 2.05) is 55.5 Å². The number of para-hydroxylation sites is 1. The van der Waals surface area contributed by atoms with Crippen LogP contribution in [-0.2, 0) is 14.2 Å². The van der Waals surface area contributed by atoms with Crippen molar-refractivity contribution in [3.63, 3.8) is 0 Å². The summed E-state index contributed by atoms with van der Waals surface area (Å²) >= 11 is 0. The molecule has 1 fully saturated rings. The summed E-state index contributed by atoms with van der Waals surface area (Å²) in [6.07, 6.45) is 2.82. The van der Waals surface area contributed by atoms with Crippen molar-refractivity contribution in [1.82, 2.24) is 30.3 Å². The summed E-state index contributed by atoms with van der Waals surface area (Å²) in [7, 11) is 0. The fraction of sp³-hybridized carbons (Fsp3) is 0.333. The first-order valence-electron chi connectivity index (χ1n) is 15.2. The van der Waals surface area contributed by atoms with Gasteiger partial charge in [-0.15, -0.1) is 10.2 Å². The Bertz CT molecular complexity index is 1760. The van der Waals surface area contributed by atoms with Crippen LogP contribution in [0.15, 0.2) is 66.7 Å². The monoisotopic (exact) mass is 610 g/mol. The fourth-order valence-corrected chi connectivity index (χ4v) is 5.69. The molecule has 0 bridgehead atoms. The molecule has 1 unspecified atom stereocenters. The molecule has 12 heteroatoms. The van der Waals surface area contributed by atoms with E-state index in [1.165, 1.54) is 4.73 Å². The number of rotatable bonds is 10. The first-order valence-corrected chi connectivity index (χ1v) is 15.2. The smallest absolute Gasteiger partial charge is 0.462 e. The van der Waals surface area contributed by atoms with Gasteiger partial charge in [0.25, 0.3) is 0 Å². The molecular formula is C33H34N6O6. The minimum Gasteiger partial charge on any atom is -0.462 e. The molecule has 45 heavy (non-hydrogen) atoms. The van der Waals surface area contributed by atoms with Crippen LogP contribution in [0.1, 0.15) is 73.8 Å². The maximum atomic E-state index is 13.2. The molecule has 12 nitrogen and oxygen atoms in total. The van der Waals surface area contributed by atoms with Gasteiger partial charge in [0.15, 0.2) is 5.82 Å². The molecule has 1 saturated carbocycles. The second kappa shape index (κ2) is 13.7. The Morgan fingerprint density at radius 1 is 0.933 bits per heavy atom. The highest BCUT2D eigenvalue weighted by Crippen LogP contribution is 2.34. The van der Waals surface area contributed by atoms with Gasteiger partial charge >= 0.3 is 12.1 Å². The lowest BCUT2D eigenvalue weighted by Crippen LogP contribution is -2.29. The molecule has 232 valence electrons. The SMILES string of the molecule is CCOC(=O)c1cccc2nc(C(OCC)c3ccc(-c4ccccc4-c4nn[nH]n4)cc3)n(OC(=O)OC3CCCCC3)c12. The number of hydrogen-bond acceptors (Lipinski definition) is 10. The van der Waals surface area contributed by atoms with Crippen LogP contribution in [0, 0.1) is 0 Å². The maximum Gasteiger partial charge on any atom is 0.534 e. The van der Waals surface area contributed by atoms with E-state index in [-0.39, 0.29) is 24.1 Å². The highest BCUT2D eigenvalue weighted by atomic mass is 16.8. The highest BCUT2D eigenvalue weighted by Gasteiger charge is 2.30. The number of benzene rings is 3. The Balaban J connectivity index is 1.40. The molecule has 6 rings (SSSR count). The van der Waals surface area contributed by atoms with Gasteiger partial charge in [-0.05, 0) is 73.6 Å².